The number of hydrogen-bond donors (Lipinski definition) is 3. The van der Waals surface area contributed by atoms with Crippen LogP contribution in [-0.2, 0) is 11.2 Å². The van der Waals surface area contributed by atoms with E-state index in [0.29, 0.717) is 6.42 Å². The lowest BCUT2D eigenvalue weighted by Gasteiger charge is -2.17. The Hall–Kier alpha value is -2.57. The van der Waals surface area contributed by atoms with Gasteiger partial charge in [-0.25, -0.2) is 4.98 Å². The predicted molar refractivity (Wildman–Crippen MR) is 101 cm³/mol. The van der Waals surface area contributed by atoms with E-state index in [2.05, 4.69) is 16.4 Å². The van der Waals surface area contributed by atoms with Crippen LogP contribution in [0.1, 0.15) is 12.0 Å². The normalized spacial score (nSPS) is 12.9. The van der Waals surface area contributed by atoms with Crippen molar-refractivity contribution in [3.8, 4) is 33.3 Å². The quantitative estimate of drug-likeness (QED) is 0.587. The number of fused-ring (bicyclic) bond motifs is 1. The predicted octanol–water partition coefficient (Wildman–Crippen LogP) is 4.19. The third-order valence-electron chi connectivity index (χ3n) is 4.02. The highest BCUT2D eigenvalue weighted by Gasteiger charge is 2.16. The highest BCUT2D eigenvalue weighted by molar-refractivity contribution is 7.13. The molecule has 5 nitrogen and oxygen atoms in total. The fourth-order valence-corrected chi connectivity index (χ4v) is 3.56. The molecule has 1 aliphatic rings. The van der Waals surface area contributed by atoms with Crippen molar-refractivity contribution in [3.63, 3.8) is 0 Å². The number of phenols is 2. The van der Waals surface area contributed by atoms with Gasteiger partial charge in [-0.1, -0.05) is 0 Å². The molecule has 2 heterocycles. The largest absolute Gasteiger partial charge is 0.504 e. The standard InChI is InChI=1S/C18H14N2O3S.ClH/c21-15-5-2-11(8-16(15)22)14-9-24-18(20-14)12-1-4-13-10(7-12)3-6-17(23)19-13;/h1-2,4-5,7-9,21-22H,3,6H2,(H,19,23);1H. The SMILES string of the molecule is Cl.O=C1CCc2cc(-c3nc(-c4ccc(O)c(O)c4)cs3)ccc2N1. The number of carbonyl (C=O) groups excluding carboxylic acids is 1. The summed E-state index contributed by atoms with van der Waals surface area (Å²) >= 11 is 1.52. The van der Waals surface area contributed by atoms with Gasteiger partial charge in [-0.05, 0) is 48.4 Å². The summed E-state index contributed by atoms with van der Waals surface area (Å²) in [4.78, 5) is 16.1. The van der Waals surface area contributed by atoms with Crippen molar-refractivity contribution in [3.05, 3.63) is 47.3 Å². The van der Waals surface area contributed by atoms with Gasteiger partial charge >= 0.3 is 0 Å². The lowest BCUT2D eigenvalue weighted by atomic mass is 10.0. The molecule has 0 spiro atoms. The van der Waals surface area contributed by atoms with Gasteiger partial charge in [0.2, 0.25) is 5.91 Å². The number of anilines is 1. The Bertz CT molecular complexity index is 955. The van der Waals surface area contributed by atoms with E-state index in [9.17, 15) is 15.0 Å². The maximum absolute atomic E-state index is 11.4. The zero-order valence-electron chi connectivity index (χ0n) is 13.0. The molecule has 0 unspecified atom stereocenters. The Kier molecular flexibility index (Phi) is 4.65. The Morgan fingerprint density at radius 1 is 1.00 bits per heavy atom. The van der Waals surface area contributed by atoms with Gasteiger partial charge in [-0.3, -0.25) is 4.79 Å². The number of rotatable bonds is 2. The Labute approximate surface area is 154 Å². The first-order valence-corrected chi connectivity index (χ1v) is 8.39. The van der Waals surface area contributed by atoms with Gasteiger partial charge in [0.15, 0.2) is 11.5 Å². The first-order chi connectivity index (χ1) is 11.6. The number of aromatic nitrogens is 1. The molecule has 0 fully saturated rings. The monoisotopic (exact) mass is 374 g/mol. The van der Waals surface area contributed by atoms with E-state index < -0.39 is 0 Å². The van der Waals surface area contributed by atoms with Crippen LogP contribution in [0.15, 0.2) is 41.8 Å². The summed E-state index contributed by atoms with van der Waals surface area (Å²) in [5, 5.41) is 24.7. The number of nitrogens with zero attached hydrogens (tertiary/aromatic N) is 1. The van der Waals surface area contributed by atoms with Crippen LogP contribution in [0.5, 0.6) is 11.5 Å². The van der Waals surface area contributed by atoms with Crippen LogP contribution in [0, 0.1) is 0 Å². The average Bonchev–Trinajstić information content (AvgIpc) is 3.07. The Balaban J connectivity index is 0.00000182. The second-order valence-corrected chi connectivity index (χ2v) is 6.52. The molecule has 3 N–H and O–H groups in total. The van der Waals surface area contributed by atoms with Crippen molar-refractivity contribution >= 4 is 35.3 Å². The molecule has 0 saturated heterocycles. The number of nitrogens with one attached hydrogen (secondary N) is 1. The molecule has 0 aliphatic carbocycles. The minimum absolute atomic E-state index is 0. The van der Waals surface area contributed by atoms with Gasteiger partial charge in [-0.15, -0.1) is 23.7 Å². The fourth-order valence-electron chi connectivity index (χ4n) is 2.74. The van der Waals surface area contributed by atoms with Crippen LogP contribution in [0.4, 0.5) is 5.69 Å². The second-order valence-electron chi connectivity index (χ2n) is 5.66. The van der Waals surface area contributed by atoms with Crippen molar-refractivity contribution < 1.29 is 15.0 Å². The maximum atomic E-state index is 11.4. The minimum Gasteiger partial charge on any atom is -0.504 e. The molecule has 1 aromatic heterocycles. The highest BCUT2D eigenvalue weighted by Crippen LogP contribution is 2.35. The van der Waals surface area contributed by atoms with Crippen LogP contribution >= 0.6 is 23.7 Å². The number of benzene rings is 2. The minimum atomic E-state index is -0.161. The molecule has 7 heteroatoms. The molecule has 0 radical (unpaired) electrons. The molecule has 1 aliphatic heterocycles. The molecule has 2 aromatic carbocycles. The molecule has 0 bridgehead atoms. The average molecular weight is 375 g/mol. The molecular weight excluding hydrogens is 360 g/mol. The van der Waals surface area contributed by atoms with Gasteiger partial charge in [0.1, 0.15) is 5.01 Å². The van der Waals surface area contributed by atoms with E-state index in [4.69, 9.17) is 0 Å². The van der Waals surface area contributed by atoms with Crippen LogP contribution < -0.4 is 5.32 Å². The molecule has 3 aromatic rings. The molecule has 1 amide bonds. The van der Waals surface area contributed by atoms with Gasteiger partial charge in [0, 0.05) is 28.6 Å². The molecule has 4 rings (SSSR count). The zero-order chi connectivity index (χ0) is 16.7. The lowest BCUT2D eigenvalue weighted by molar-refractivity contribution is -0.116. The van der Waals surface area contributed by atoms with Crippen molar-refractivity contribution in [1.29, 1.82) is 0 Å². The van der Waals surface area contributed by atoms with Crippen molar-refractivity contribution in [2.24, 2.45) is 0 Å². The van der Waals surface area contributed by atoms with Gasteiger partial charge in [0.25, 0.3) is 0 Å². The van der Waals surface area contributed by atoms with E-state index in [1.165, 1.54) is 23.5 Å². The number of carbonyl (C=O) groups is 1. The molecular formula is C18H15ClN2O3S. The first kappa shape index (κ1) is 17.3. The smallest absolute Gasteiger partial charge is 0.224 e. The fraction of sp³-hybridized carbons (Fsp3) is 0.111. The molecule has 25 heavy (non-hydrogen) atoms. The van der Waals surface area contributed by atoms with E-state index in [0.717, 1.165) is 39.5 Å². The third kappa shape index (κ3) is 3.31. The lowest BCUT2D eigenvalue weighted by Crippen LogP contribution is -2.18. The van der Waals surface area contributed by atoms with Crippen molar-refractivity contribution in [1.82, 2.24) is 4.98 Å². The topological polar surface area (TPSA) is 82.5 Å². The number of amides is 1. The zero-order valence-corrected chi connectivity index (χ0v) is 14.7. The maximum Gasteiger partial charge on any atom is 0.224 e. The summed E-state index contributed by atoms with van der Waals surface area (Å²) in [6.07, 6.45) is 1.24. The van der Waals surface area contributed by atoms with Crippen molar-refractivity contribution in [2.45, 2.75) is 12.8 Å². The first-order valence-electron chi connectivity index (χ1n) is 7.51. The molecule has 128 valence electrons. The third-order valence-corrected chi connectivity index (χ3v) is 4.91. The van der Waals surface area contributed by atoms with Gasteiger partial charge in [0.05, 0.1) is 5.69 Å². The number of halogens is 1. The summed E-state index contributed by atoms with van der Waals surface area (Å²) in [5.41, 5.74) is 4.49. The summed E-state index contributed by atoms with van der Waals surface area (Å²) in [6, 6.07) is 10.6. The van der Waals surface area contributed by atoms with Crippen molar-refractivity contribution in [2.75, 3.05) is 5.32 Å². The number of aromatic hydroxyl groups is 2. The van der Waals surface area contributed by atoms with Crippen LogP contribution in [0.2, 0.25) is 0 Å². The summed E-state index contributed by atoms with van der Waals surface area (Å²) in [5.74, 6) is -0.253. The number of hydrogen-bond acceptors (Lipinski definition) is 5. The Morgan fingerprint density at radius 2 is 1.80 bits per heavy atom. The molecule has 0 saturated carbocycles. The van der Waals surface area contributed by atoms with E-state index >= 15 is 0 Å². The van der Waals surface area contributed by atoms with Crippen LogP contribution in [0.25, 0.3) is 21.8 Å². The van der Waals surface area contributed by atoms with E-state index in [1.54, 1.807) is 6.07 Å². The van der Waals surface area contributed by atoms with E-state index in [-0.39, 0.29) is 29.8 Å². The Morgan fingerprint density at radius 3 is 2.60 bits per heavy atom. The summed E-state index contributed by atoms with van der Waals surface area (Å²) in [7, 11) is 0. The van der Waals surface area contributed by atoms with Gasteiger partial charge in [-0.2, -0.15) is 0 Å². The number of aryl methyl sites for hydroxylation is 1. The van der Waals surface area contributed by atoms with Crippen LogP contribution in [-0.4, -0.2) is 21.1 Å². The molecule has 0 atom stereocenters. The highest BCUT2D eigenvalue weighted by atomic mass is 35.5. The summed E-state index contributed by atoms with van der Waals surface area (Å²) in [6.45, 7) is 0. The number of thiazole rings is 1. The summed E-state index contributed by atoms with van der Waals surface area (Å²) < 4.78 is 0. The number of phenolic OH excluding ortho intramolecular Hbond substituents is 2. The second kappa shape index (κ2) is 6.74. The van der Waals surface area contributed by atoms with Gasteiger partial charge < -0.3 is 15.5 Å². The van der Waals surface area contributed by atoms with E-state index in [1.807, 2.05) is 17.5 Å². The van der Waals surface area contributed by atoms with Crippen LogP contribution in [0.3, 0.4) is 0 Å².